The van der Waals surface area contributed by atoms with Gasteiger partial charge in [-0.2, -0.15) is 0 Å². The summed E-state index contributed by atoms with van der Waals surface area (Å²) in [6.07, 6.45) is 2.07. The first-order valence-corrected chi connectivity index (χ1v) is 7.79. The van der Waals surface area contributed by atoms with Crippen molar-refractivity contribution in [3.63, 3.8) is 0 Å². The van der Waals surface area contributed by atoms with Crippen LogP contribution in [-0.2, 0) is 16.0 Å². The van der Waals surface area contributed by atoms with Crippen molar-refractivity contribution >= 4 is 18.3 Å². The third-order valence-corrected chi connectivity index (χ3v) is 3.87. The standard InChI is InChI=1S/C17H26N2O2.ClH/c1-12(2)9-14(11-18)19-17(20)10-16-15-6-4-3-5-13(15)7-8-21-16;/h3-6,12,14,16H,7-11,18H2,1-2H3,(H,19,20);1H. The summed E-state index contributed by atoms with van der Waals surface area (Å²) < 4.78 is 5.78. The van der Waals surface area contributed by atoms with Crippen molar-refractivity contribution in [3.8, 4) is 0 Å². The van der Waals surface area contributed by atoms with Gasteiger partial charge in [-0.3, -0.25) is 4.79 Å². The predicted octanol–water partition coefficient (Wildman–Crippen LogP) is 2.60. The number of fused-ring (bicyclic) bond motifs is 1. The van der Waals surface area contributed by atoms with Crippen LogP contribution in [0, 0.1) is 5.92 Å². The first kappa shape index (κ1) is 18.9. The first-order valence-electron chi connectivity index (χ1n) is 7.79. The molecule has 1 aromatic carbocycles. The summed E-state index contributed by atoms with van der Waals surface area (Å²) in [5.74, 6) is 0.540. The average Bonchev–Trinajstić information content (AvgIpc) is 2.46. The van der Waals surface area contributed by atoms with Crippen molar-refractivity contribution in [3.05, 3.63) is 35.4 Å². The van der Waals surface area contributed by atoms with E-state index in [4.69, 9.17) is 10.5 Å². The van der Waals surface area contributed by atoms with E-state index in [1.807, 2.05) is 12.1 Å². The van der Waals surface area contributed by atoms with E-state index in [0.29, 0.717) is 25.5 Å². The number of rotatable bonds is 6. The third kappa shape index (κ3) is 5.27. The van der Waals surface area contributed by atoms with Crippen LogP contribution in [0.3, 0.4) is 0 Å². The second kappa shape index (κ2) is 9.13. The Labute approximate surface area is 139 Å². The average molecular weight is 327 g/mol. The van der Waals surface area contributed by atoms with Crippen LogP contribution in [0.4, 0.5) is 0 Å². The maximum absolute atomic E-state index is 12.2. The molecule has 22 heavy (non-hydrogen) atoms. The molecule has 124 valence electrons. The van der Waals surface area contributed by atoms with Crippen LogP contribution in [0.2, 0.25) is 0 Å². The van der Waals surface area contributed by atoms with Crippen LogP contribution in [0.15, 0.2) is 24.3 Å². The van der Waals surface area contributed by atoms with E-state index < -0.39 is 0 Å². The van der Waals surface area contributed by atoms with Gasteiger partial charge in [0.1, 0.15) is 0 Å². The second-order valence-electron chi connectivity index (χ2n) is 6.14. The van der Waals surface area contributed by atoms with E-state index in [1.165, 1.54) is 5.56 Å². The van der Waals surface area contributed by atoms with E-state index in [2.05, 4.69) is 31.3 Å². The number of nitrogens with one attached hydrogen (secondary N) is 1. The van der Waals surface area contributed by atoms with Gasteiger partial charge in [-0.15, -0.1) is 12.4 Å². The number of carbonyl (C=O) groups excluding carboxylic acids is 1. The number of hydrogen-bond donors (Lipinski definition) is 2. The van der Waals surface area contributed by atoms with Crippen molar-refractivity contribution in [2.75, 3.05) is 13.2 Å². The zero-order chi connectivity index (χ0) is 15.2. The largest absolute Gasteiger partial charge is 0.373 e. The van der Waals surface area contributed by atoms with E-state index in [-0.39, 0.29) is 30.5 Å². The molecular weight excluding hydrogens is 300 g/mol. The molecule has 2 rings (SSSR count). The van der Waals surface area contributed by atoms with Gasteiger partial charge in [-0.05, 0) is 29.9 Å². The number of ether oxygens (including phenoxy) is 1. The zero-order valence-electron chi connectivity index (χ0n) is 13.4. The summed E-state index contributed by atoms with van der Waals surface area (Å²) in [7, 11) is 0. The van der Waals surface area contributed by atoms with Gasteiger partial charge in [0.05, 0.1) is 19.1 Å². The fourth-order valence-electron chi connectivity index (χ4n) is 2.88. The molecule has 2 unspecified atom stereocenters. The highest BCUT2D eigenvalue weighted by Crippen LogP contribution is 2.29. The molecule has 0 aromatic heterocycles. The minimum absolute atomic E-state index is 0. The van der Waals surface area contributed by atoms with Gasteiger partial charge in [0.15, 0.2) is 0 Å². The van der Waals surface area contributed by atoms with Gasteiger partial charge in [0.2, 0.25) is 5.91 Å². The summed E-state index contributed by atoms with van der Waals surface area (Å²) in [6, 6.07) is 8.26. The van der Waals surface area contributed by atoms with Crippen LogP contribution in [-0.4, -0.2) is 25.1 Å². The molecule has 0 fully saturated rings. The molecule has 4 nitrogen and oxygen atoms in total. The highest BCUT2D eigenvalue weighted by Gasteiger charge is 2.24. The minimum Gasteiger partial charge on any atom is -0.373 e. The van der Waals surface area contributed by atoms with Crippen LogP contribution >= 0.6 is 12.4 Å². The Hall–Kier alpha value is -1.10. The van der Waals surface area contributed by atoms with Gasteiger partial charge in [-0.1, -0.05) is 38.1 Å². The molecule has 1 aliphatic heterocycles. The second-order valence-corrected chi connectivity index (χ2v) is 6.14. The lowest BCUT2D eigenvalue weighted by atomic mass is 9.95. The van der Waals surface area contributed by atoms with Gasteiger partial charge >= 0.3 is 0 Å². The Morgan fingerprint density at radius 1 is 1.41 bits per heavy atom. The lowest BCUT2D eigenvalue weighted by Gasteiger charge is -2.26. The molecule has 1 aromatic rings. The molecule has 0 aliphatic carbocycles. The highest BCUT2D eigenvalue weighted by atomic mass is 35.5. The summed E-state index contributed by atoms with van der Waals surface area (Å²) in [5, 5.41) is 3.03. The normalized spacial score (nSPS) is 18.3. The molecule has 1 heterocycles. The van der Waals surface area contributed by atoms with Crippen molar-refractivity contribution < 1.29 is 9.53 Å². The zero-order valence-corrected chi connectivity index (χ0v) is 14.2. The van der Waals surface area contributed by atoms with E-state index in [0.717, 1.165) is 18.4 Å². The third-order valence-electron chi connectivity index (χ3n) is 3.87. The summed E-state index contributed by atoms with van der Waals surface area (Å²) in [6.45, 7) is 5.43. The molecule has 0 saturated heterocycles. The van der Waals surface area contributed by atoms with Crippen LogP contribution < -0.4 is 11.1 Å². The Morgan fingerprint density at radius 3 is 2.82 bits per heavy atom. The SMILES string of the molecule is CC(C)CC(CN)NC(=O)CC1OCCc2ccccc21.Cl. The number of carbonyl (C=O) groups is 1. The maximum atomic E-state index is 12.2. The Balaban J connectivity index is 0.00000242. The van der Waals surface area contributed by atoms with Crippen LogP contribution in [0.25, 0.3) is 0 Å². The van der Waals surface area contributed by atoms with E-state index in [1.54, 1.807) is 0 Å². The van der Waals surface area contributed by atoms with E-state index in [9.17, 15) is 4.79 Å². The molecule has 1 aliphatic rings. The molecule has 0 radical (unpaired) electrons. The number of nitrogens with two attached hydrogens (primary N) is 1. The summed E-state index contributed by atoms with van der Waals surface area (Å²) in [5.41, 5.74) is 8.17. The lowest BCUT2D eigenvalue weighted by molar-refractivity contribution is -0.125. The van der Waals surface area contributed by atoms with E-state index >= 15 is 0 Å². The lowest BCUT2D eigenvalue weighted by Crippen LogP contribution is -2.41. The maximum Gasteiger partial charge on any atom is 0.223 e. The monoisotopic (exact) mass is 326 g/mol. The molecule has 0 spiro atoms. The van der Waals surface area contributed by atoms with Gasteiger partial charge in [0.25, 0.3) is 0 Å². The molecule has 2 atom stereocenters. The van der Waals surface area contributed by atoms with Crippen LogP contribution in [0.5, 0.6) is 0 Å². The summed E-state index contributed by atoms with van der Waals surface area (Å²) >= 11 is 0. The topological polar surface area (TPSA) is 64.3 Å². The fraction of sp³-hybridized carbons (Fsp3) is 0.588. The van der Waals surface area contributed by atoms with Gasteiger partial charge < -0.3 is 15.8 Å². The quantitative estimate of drug-likeness (QED) is 0.844. The minimum atomic E-state index is -0.132. The van der Waals surface area contributed by atoms with Crippen LogP contribution in [0.1, 0.15) is 43.9 Å². The van der Waals surface area contributed by atoms with Crippen molar-refractivity contribution in [2.45, 2.75) is 45.3 Å². The molecule has 5 heteroatoms. The number of benzene rings is 1. The fourth-order valence-corrected chi connectivity index (χ4v) is 2.88. The van der Waals surface area contributed by atoms with Crippen molar-refractivity contribution in [1.29, 1.82) is 0 Å². The number of halogens is 1. The Bertz CT molecular complexity index is 479. The van der Waals surface area contributed by atoms with Gasteiger partial charge in [-0.25, -0.2) is 0 Å². The number of hydrogen-bond acceptors (Lipinski definition) is 3. The summed E-state index contributed by atoms with van der Waals surface area (Å²) in [4.78, 5) is 12.2. The molecule has 3 N–H and O–H groups in total. The first-order chi connectivity index (χ1) is 10.1. The Morgan fingerprint density at radius 2 is 2.14 bits per heavy atom. The Kier molecular flexibility index (Phi) is 7.87. The molecule has 0 saturated carbocycles. The molecule has 1 amide bonds. The predicted molar refractivity (Wildman–Crippen MR) is 91.1 cm³/mol. The smallest absolute Gasteiger partial charge is 0.223 e. The number of amides is 1. The van der Waals surface area contributed by atoms with Gasteiger partial charge in [0, 0.05) is 12.6 Å². The molecule has 0 bridgehead atoms. The highest BCUT2D eigenvalue weighted by molar-refractivity contribution is 5.85. The van der Waals surface area contributed by atoms with Crippen molar-refractivity contribution in [1.82, 2.24) is 5.32 Å². The van der Waals surface area contributed by atoms with Crippen molar-refractivity contribution in [2.24, 2.45) is 11.7 Å². The molecular formula is C17H27ClN2O2.